The molecule has 0 radical (unpaired) electrons. The molecule has 2 aromatic carbocycles. The molecule has 0 fully saturated rings. The lowest BCUT2D eigenvalue weighted by molar-refractivity contribution is -0.115. The summed E-state index contributed by atoms with van der Waals surface area (Å²) in [4.78, 5) is 12.1. The molecule has 3 aromatic rings. The molecule has 0 atom stereocenters. The van der Waals surface area contributed by atoms with E-state index in [1.54, 1.807) is 12.1 Å². The number of ether oxygens (including phenoxy) is 1. The second-order valence-corrected chi connectivity index (χ2v) is 6.33. The highest BCUT2D eigenvalue weighted by molar-refractivity contribution is 5.91. The van der Waals surface area contributed by atoms with E-state index < -0.39 is 0 Å². The van der Waals surface area contributed by atoms with Crippen molar-refractivity contribution in [2.24, 2.45) is 0 Å². The number of nitrogens with zero attached hydrogens (tertiary/aromatic N) is 2. The molecule has 0 aliphatic carbocycles. The average molecular weight is 362 g/mol. The summed E-state index contributed by atoms with van der Waals surface area (Å²) in [5.41, 5.74) is 1.83. The van der Waals surface area contributed by atoms with Crippen LogP contribution in [0.3, 0.4) is 0 Å². The summed E-state index contributed by atoms with van der Waals surface area (Å²) < 4.78 is 5.62. The Kier molecular flexibility index (Phi) is 5.99. The van der Waals surface area contributed by atoms with Crippen molar-refractivity contribution in [3.8, 4) is 5.75 Å². The fourth-order valence-electron chi connectivity index (χ4n) is 2.47. The van der Waals surface area contributed by atoms with Gasteiger partial charge in [-0.3, -0.25) is 4.79 Å². The third-order valence-corrected chi connectivity index (χ3v) is 3.64. The molecule has 0 aliphatic heterocycles. The highest BCUT2D eigenvalue weighted by atomic mass is 16.5. The topological polar surface area (TPSA) is 76.1 Å². The second kappa shape index (κ2) is 8.80. The van der Waals surface area contributed by atoms with Crippen LogP contribution in [0.4, 0.5) is 17.3 Å². The van der Waals surface area contributed by atoms with Crippen molar-refractivity contribution in [2.75, 3.05) is 10.6 Å². The molecule has 6 heteroatoms. The molecule has 1 amide bonds. The van der Waals surface area contributed by atoms with E-state index in [-0.39, 0.29) is 12.0 Å². The van der Waals surface area contributed by atoms with Crippen LogP contribution in [0.5, 0.6) is 5.75 Å². The number of amides is 1. The summed E-state index contributed by atoms with van der Waals surface area (Å²) in [5, 5.41) is 14.1. The maximum absolute atomic E-state index is 12.1. The molecular weight excluding hydrogens is 340 g/mol. The largest absolute Gasteiger partial charge is 0.491 e. The molecule has 27 heavy (non-hydrogen) atoms. The fourth-order valence-corrected chi connectivity index (χ4v) is 2.47. The van der Waals surface area contributed by atoms with Crippen LogP contribution in [0.25, 0.3) is 0 Å². The van der Waals surface area contributed by atoms with E-state index >= 15 is 0 Å². The van der Waals surface area contributed by atoms with Gasteiger partial charge in [-0.2, -0.15) is 0 Å². The van der Waals surface area contributed by atoms with Gasteiger partial charge >= 0.3 is 0 Å². The van der Waals surface area contributed by atoms with Gasteiger partial charge in [0.25, 0.3) is 0 Å². The van der Waals surface area contributed by atoms with Crippen LogP contribution < -0.4 is 15.4 Å². The lowest BCUT2D eigenvalue weighted by Crippen LogP contribution is -2.15. The van der Waals surface area contributed by atoms with Gasteiger partial charge in [-0.05, 0) is 55.8 Å². The zero-order chi connectivity index (χ0) is 19.1. The van der Waals surface area contributed by atoms with Gasteiger partial charge in [-0.25, -0.2) is 0 Å². The van der Waals surface area contributed by atoms with Gasteiger partial charge in [0.1, 0.15) is 5.75 Å². The number of aromatic nitrogens is 2. The number of carbonyl (C=O) groups excluding carboxylic acids is 1. The molecule has 1 heterocycles. The maximum Gasteiger partial charge on any atom is 0.229 e. The smallest absolute Gasteiger partial charge is 0.229 e. The third-order valence-electron chi connectivity index (χ3n) is 3.64. The summed E-state index contributed by atoms with van der Waals surface area (Å²) in [6.45, 7) is 3.98. The number of benzene rings is 2. The van der Waals surface area contributed by atoms with E-state index in [0.29, 0.717) is 18.1 Å². The lowest BCUT2D eigenvalue weighted by atomic mass is 10.1. The van der Waals surface area contributed by atoms with E-state index in [4.69, 9.17) is 4.74 Å². The van der Waals surface area contributed by atoms with Crippen LogP contribution in [0.1, 0.15) is 19.4 Å². The number of carbonyl (C=O) groups is 1. The Balaban J connectivity index is 1.54. The van der Waals surface area contributed by atoms with Crippen LogP contribution in [-0.2, 0) is 11.2 Å². The number of hydrogen-bond acceptors (Lipinski definition) is 5. The molecule has 138 valence electrons. The molecular formula is C21H22N4O2. The third kappa shape index (κ3) is 5.81. The van der Waals surface area contributed by atoms with E-state index in [1.807, 2.05) is 68.4 Å². The van der Waals surface area contributed by atoms with Gasteiger partial charge in [0.15, 0.2) is 11.6 Å². The van der Waals surface area contributed by atoms with E-state index in [1.165, 1.54) is 0 Å². The molecule has 0 bridgehead atoms. The van der Waals surface area contributed by atoms with E-state index in [2.05, 4.69) is 20.8 Å². The van der Waals surface area contributed by atoms with Gasteiger partial charge < -0.3 is 15.4 Å². The van der Waals surface area contributed by atoms with Gasteiger partial charge in [-0.15, -0.1) is 10.2 Å². The number of rotatable bonds is 7. The van der Waals surface area contributed by atoms with Crippen molar-refractivity contribution in [3.05, 3.63) is 72.3 Å². The zero-order valence-electron chi connectivity index (χ0n) is 15.3. The minimum atomic E-state index is -0.128. The lowest BCUT2D eigenvalue weighted by Gasteiger charge is -2.11. The predicted molar refractivity (Wildman–Crippen MR) is 106 cm³/mol. The number of hydrogen-bond donors (Lipinski definition) is 2. The zero-order valence-corrected chi connectivity index (χ0v) is 15.3. The summed E-state index contributed by atoms with van der Waals surface area (Å²) in [5.74, 6) is 1.70. The Morgan fingerprint density at radius 3 is 2.22 bits per heavy atom. The summed E-state index contributed by atoms with van der Waals surface area (Å²) in [6, 6.07) is 20.7. The number of nitrogens with one attached hydrogen (secondary N) is 2. The minimum absolute atomic E-state index is 0.128. The van der Waals surface area contributed by atoms with Crippen molar-refractivity contribution in [1.82, 2.24) is 10.2 Å². The Bertz CT molecular complexity index is 863. The first kappa shape index (κ1) is 18.4. The monoisotopic (exact) mass is 362 g/mol. The maximum atomic E-state index is 12.1. The molecule has 0 spiro atoms. The number of anilines is 3. The molecule has 3 rings (SSSR count). The minimum Gasteiger partial charge on any atom is -0.491 e. The SMILES string of the molecule is CC(C)Oc1ccc(Nc2ccc(NC(=O)Cc3ccccc3)nn2)cc1. The van der Waals surface area contributed by atoms with Crippen molar-refractivity contribution in [2.45, 2.75) is 26.4 Å². The standard InChI is InChI=1S/C21H22N4O2/c1-15(2)27-18-10-8-17(9-11-18)22-19-12-13-20(25-24-19)23-21(26)14-16-6-4-3-5-7-16/h3-13,15H,14H2,1-2H3,(H,22,24)(H,23,25,26). The van der Waals surface area contributed by atoms with Crippen molar-refractivity contribution in [1.29, 1.82) is 0 Å². The van der Waals surface area contributed by atoms with Crippen LogP contribution in [0.2, 0.25) is 0 Å². The van der Waals surface area contributed by atoms with Crippen LogP contribution in [0, 0.1) is 0 Å². The highest BCUT2D eigenvalue weighted by Crippen LogP contribution is 2.20. The van der Waals surface area contributed by atoms with Crippen LogP contribution in [-0.4, -0.2) is 22.2 Å². The quantitative estimate of drug-likeness (QED) is 0.659. The average Bonchev–Trinajstić information content (AvgIpc) is 2.65. The van der Waals surface area contributed by atoms with Gasteiger partial charge in [0.2, 0.25) is 5.91 Å². The first-order valence-corrected chi connectivity index (χ1v) is 8.80. The Morgan fingerprint density at radius 1 is 0.926 bits per heavy atom. The Morgan fingerprint density at radius 2 is 1.59 bits per heavy atom. The molecule has 0 saturated heterocycles. The predicted octanol–water partition coefficient (Wildman–Crippen LogP) is 4.19. The van der Waals surface area contributed by atoms with E-state index in [9.17, 15) is 4.79 Å². The molecule has 1 aromatic heterocycles. The van der Waals surface area contributed by atoms with Gasteiger partial charge in [0.05, 0.1) is 12.5 Å². The van der Waals surface area contributed by atoms with Crippen LogP contribution >= 0.6 is 0 Å². The van der Waals surface area contributed by atoms with Gasteiger partial charge in [0, 0.05) is 5.69 Å². The molecule has 6 nitrogen and oxygen atoms in total. The van der Waals surface area contributed by atoms with E-state index in [0.717, 1.165) is 17.0 Å². The summed E-state index contributed by atoms with van der Waals surface area (Å²) in [6.07, 6.45) is 0.437. The van der Waals surface area contributed by atoms with Crippen molar-refractivity contribution >= 4 is 23.2 Å². The highest BCUT2D eigenvalue weighted by Gasteiger charge is 2.06. The summed E-state index contributed by atoms with van der Waals surface area (Å²) >= 11 is 0. The fraction of sp³-hybridized carbons (Fsp3) is 0.190. The molecule has 0 aliphatic rings. The normalized spacial score (nSPS) is 10.5. The van der Waals surface area contributed by atoms with Crippen molar-refractivity contribution < 1.29 is 9.53 Å². The first-order valence-electron chi connectivity index (χ1n) is 8.80. The van der Waals surface area contributed by atoms with Crippen LogP contribution in [0.15, 0.2) is 66.7 Å². The van der Waals surface area contributed by atoms with Gasteiger partial charge in [-0.1, -0.05) is 30.3 Å². The Labute approximate surface area is 158 Å². The second-order valence-electron chi connectivity index (χ2n) is 6.33. The molecule has 0 unspecified atom stereocenters. The molecule has 0 saturated carbocycles. The first-order chi connectivity index (χ1) is 13.1. The molecule has 2 N–H and O–H groups in total. The van der Waals surface area contributed by atoms with Crippen molar-refractivity contribution in [3.63, 3.8) is 0 Å². The Hall–Kier alpha value is -3.41. The summed E-state index contributed by atoms with van der Waals surface area (Å²) in [7, 11) is 0.